The van der Waals surface area contributed by atoms with Gasteiger partial charge >= 0.3 is 5.24 Å². The molecule has 0 atom stereocenters. The minimum atomic E-state index is -0.364. The lowest BCUT2D eigenvalue weighted by atomic mass is 10.4. The van der Waals surface area contributed by atoms with Gasteiger partial charge in [-0.2, -0.15) is 10.5 Å². The van der Waals surface area contributed by atoms with Crippen LogP contribution in [0.15, 0.2) is 20.5 Å². The molecule has 6 heteroatoms. The van der Waals surface area contributed by atoms with Crippen LogP contribution in [0, 0.1) is 22.7 Å². The second-order valence-electron chi connectivity index (χ2n) is 1.73. The van der Waals surface area contributed by atoms with Crippen LogP contribution in [0.4, 0.5) is 4.79 Å². The Hall–Kier alpha value is -1.46. The Bertz CT molecular complexity index is 402. The van der Waals surface area contributed by atoms with Crippen LogP contribution in [0.3, 0.4) is 0 Å². The Morgan fingerprint density at radius 2 is 2.15 bits per heavy atom. The van der Waals surface area contributed by atoms with Gasteiger partial charge < -0.3 is 0 Å². The molecule has 1 amide bonds. The molecule has 1 heterocycles. The first kappa shape index (κ1) is 9.63. The van der Waals surface area contributed by atoms with Gasteiger partial charge in [-0.15, -0.1) is 0 Å². The van der Waals surface area contributed by atoms with E-state index in [1.165, 1.54) is 5.55 Å². The normalized spacial score (nSPS) is 14.3. The monoisotopic (exact) mass is 207 g/mol. The van der Waals surface area contributed by atoms with E-state index in [2.05, 4.69) is 10.7 Å². The average Bonchev–Trinajstić information content (AvgIpc) is 2.14. The van der Waals surface area contributed by atoms with E-state index in [9.17, 15) is 4.79 Å². The number of rotatable bonds is 0. The van der Waals surface area contributed by atoms with Crippen LogP contribution in [0.1, 0.15) is 0 Å². The van der Waals surface area contributed by atoms with Crippen molar-refractivity contribution >= 4 is 34.3 Å². The topological polar surface area (TPSA) is 77.0 Å². The van der Waals surface area contributed by atoms with Crippen molar-refractivity contribution in [1.82, 2.24) is 0 Å². The van der Waals surface area contributed by atoms with Crippen LogP contribution in [-0.4, -0.2) is 10.8 Å². The highest BCUT2D eigenvalue weighted by Gasteiger charge is 2.10. The van der Waals surface area contributed by atoms with Crippen molar-refractivity contribution in [1.29, 1.82) is 10.5 Å². The van der Waals surface area contributed by atoms with Gasteiger partial charge in [0.25, 0.3) is 0 Å². The number of allylic oxidation sites excluding steroid dienone is 1. The second kappa shape index (κ2) is 4.54. The Kier molecular flexibility index (Phi) is 3.36. The summed E-state index contributed by atoms with van der Waals surface area (Å²) < 4.78 is 0.470. The predicted molar refractivity (Wildman–Crippen MR) is 50.8 cm³/mol. The summed E-state index contributed by atoms with van der Waals surface area (Å²) in [6.45, 7) is 0. The van der Waals surface area contributed by atoms with E-state index in [-0.39, 0.29) is 10.8 Å². The van der Waals surface area contributed by atoms with Crippen molar-refractivity contribution in [3.8, 4) is 12.1 Å². The number of carbonyl (C=O) groups excluding carboxylic acids is 1. The fourth-order valence-electron chi connectivity index (χ4n) is 0.485. The van der Waals surface area contributed by atoms with Crippen molar-refractivity contribution in [2.75, 3.05) is 0 Å². The molecule has 0 aromatic carbocycles. The Morgan fingerprint density at radius 1 is 1.46 bits per heavy atom. The Labute approximate surface area is 82.6 Å². The SMILES string of the molecule is N#CC(=C=C1SC=NC(=O)S1)C#N. The van der Waals surface area contributed by atoms with Crippen LogP contribution in [0.25, 0.3) is 0 Å². The number of amides is 1. The van der Waals surface area contributed by atoms with Gasteiger partial charge in [0.1, 0.15) is 12.1 Å². The maximum Gasteiger partial charge on any atom is 0.311 e. The van der Waals surface area contributed by atoms with E-state index in [4.69, 9.17) is 10.5 Å². The molecular weight excluding hydrogens is 206 g/mol. The third-order valence-corrected chi connectivity index (χ3v) is 2.58. The van der Waals surface area contributed by atoms with E-state index in [1.807, 2.05) is 0 Å². The average molecular weight is 207 g/mol. The van der Waals surface area contributed by atoms with Crippen molar-refractivity contribution in [2.24, 2.45) is 4.99 Å². The molecule has 62 valence electrons. The maximum atomic E-state index is 10.7. The first-order chi connectivity index (χ1) is 6.26. The molecule has 1 aliphatic heterocycles. The molecule has 0 aliphatic carbocycles. The molecule has 0 N–H and O–H groups in total. The molecule has 1 aliphatic rings. The predicted octanol–water partition coefficient (Wildman–Crippen LogP) is 2.03. The number of hydrogen-bond acceptors (Lipinski definition) is 5. The zero-order chi connectivity index (χ0) is 9.68. The standard InChI is InChI=1S/C7HN3OS2/c8-2-5(3-9)1-6-12-4-10-7(11)13-6/h4H. The Balaban J connectivity index is 3.04. The molecule has 13 heavy (non-hydrogen) atoms. The summed E-state index contributed by atoms with van der Waals surface area (Å²) in [7, 11) is 0. The molecule has 0 spiro atoms. The number of nitriles is 2. The molecule has 0 fully saturated rings. The lowest BCUT2D eigenvalue weighted by molar-refractivity contribution is 0.267. The minimum Gasteiger partial charge on any atom is -0.259 e. The third-order valence-electron chi connectivity index (χ3n) is 0.949. The molecule has 0 bridgehead atoms. The summed E-state index contributed by atoms with van der Waals surface area (Å²) in [5, 5.41) is 16.4. The van der Waals surface area contributed by atoms with E-state index >= 15 is 0 Å². The molecule has 0 aromatic heterocycles. The Morgan fingerprint density at radius 3 is 2.69 bits per heavy atom. The summed E-state index contributed by atoms with van der Waals surface area (Å²) in [5.41, 5.74) is 3.72. The van der Waals surface area contributed by atoms with Crippen LogP contribution in [0.5, 0.6) is 0 Å². The van der Waals surface area contributed by atoms with Gasteiger partial charge in [-0.25, -0.2) is 4.99 Å². The molecule has 0 saturated carbocycles. The summed E-state index contributed by atoms with van der Waals surface area (Å²) in [6.07, 6.45) is 0. The minimum absolute atomic E-state index is 0.141. The smallest absolute Gasteiger partial charge is 0.259 e. The van der Waals surface area contributed by atoms with Gasteiger partial charge in [0.05, 0.1) is 9.78 Å². The van der Waals surface area contributed by atoms with E-state index in [0.29, 0.717) is 4.24 Å². The van der Waals surface area contributed by atoms with Crippen LogP contribution < -0.4 is 0 Å². The quantitative estimate of drug-likeness (QED) is 0.448. The summed E-state index contributed by atoms with van der Waals surface area (Å²) >= 11 is 2.01. The first-order valence-electron chi connectivity index (χ1n) is 2.98. The van der Waals surface area contributed by atoms with Crippen molar-refractivity contribution in [2.45, 2.75) is 0 Å². The maximum absolute atomic E-state index is 10.7. The lowest BCUT2D eigenvalue weighted by Gasteiger charge is -1.99. The highest BCUT2D eigenvalue weighted by molar-refractivity contribution is 8.34. The first-order valence-corrected chi connectivity index (χ1v) is 4.68. The molecule has 0 radical (unpaired) electrons. The molecule has 0 aromatic rings. The van der Waals surface area contributed by atoms with Crippen LogP contribution in [0.2, 0.25) is 0 Å². The number of hydrogen-bond donors (Lipinski definition) is 0. The molecule has 0 unspecified atom stereocenters. The summed E-state index contributed by atoms with van der Waals surface area (Å²) in [6, 6.07) is 3.31. The van der Waals surface area contributed by atoms with Gasteiger partial charge in [-0.05, 0) is 11.8 Å². The highest BCUT2D eigenvalue weighted by atomic mass is 32.2. The summed E-state index contributed by atoms with van der Waals surface area (Å²) in [4.78, 5) is 14.2. The molecule has 0 saturated heterocycles. The van der Waals surface area contributed by atoms with Gasteiger partial charge in [0.15, 0.2) is 5.57 Å². The van der Waals surface area contributed by atoms with Crippen LogP contribution in [-0.2, 0) is 0 Å². The second-order valence-corrected chi connectivity index (χ2v) is 3.81. The van der Waals surface area contributed by atoms with Crippen molar-refractivity contribution in [3.63, 3.8) is 0 Å². The fourth-order valence-corrected chi connectivity index (χ4v) is 1.91. The van der Waals surface area contributed by atoms with Gasteiger partial charge in [0.2, 0.25) is 0 Å². The lowest BCUT2D eigenvalue weighted by Crippen LogP contribution is -1.88. The van der Waals surface area contributed by atoms with Crippen molar-refractivity contribution in [3.05, 3.63) is 15.5 Å². The van der Waals surface area contributed by atoms with Gasteiger partial charge in [-0.1, -0.05) is 17.5 Å². The largest absolute Gasteiger partial charge is 0.311 e. The number of aliphatic imine (C=N–C) groups is 1. The highest BCUT2D eigenvalue weighted by Crippen LogP contribution is 2.31. The van der Waals surface area contributed by atoms with Gasteiger partial charge in [0, 0.05) is 0 Å². The molecule has 1 rings (SSSR count). The zero-order valence-electron chi connectivity index (χ0n) is 6.14. The van der Waals surface area contributed by atoms with Gasteiger partial charge in [-0.3, -0.25) is 4.79 Å². The third kappa shape index (κ3) is 2.81. The number of nitrogens with zero attached hydrogens (tertiary/aromatic N) is 3. The van der Waals surface area contributed by atoms with E-state index in [1.54, 1.807) is 12.1 Å². The summed E-state index contributed by atoms with van der Waals surface area (Å²) in [5.74, 6) is 0. The molecule has 4 nitrogen and oxygen atoms in total. The van der Waals surface area contributed by atoms with E-state index < -0.39 is 0 Å². The fraction of sp³-hybridized carbons (Fsp3) is 0. The van der Waals surface area contributed by atoms with Crippen LogP contribution >= 0.6 is 23.5 Å². The number of thioether (sulfide) groups is 2. The van der Waals surface area contributed by atoms with E-state index in [0.717, 1.165) is 23.5 Å². The zero-order valence-corrected chi connectivity index (χ0v) is 7.78. The van der Waals surface area contributed by atoms with Crippen molar-refractivity contribution < 1.29 is 4.79 Å². The molecular formula is C7HN3OS2. The number of carbonyl (C=O) groups is 1.